The highest BCUT2D eigenvalue weighted by Gasteiger charge is 2.37. The lowest BCUT2D eigenvalue weighted by atomic mass is 10.1. The Morgan fingerprint density at radius 3 is 1.39 bits per heavy atom. The molecule has 2 N–H and O–H groups in total. The molecule has 2 aliphatic heterocycles. The summed E-state index contributed by atoms with van der Waals surface area (Å²) in [6.07, 6.45) is 8.25. The molecule has 0 aromatic heterocycles. The molecule has 2 fully saturated rings. The van der Waals surface area contributed by atoms with Crippen molar-refractivity contribution in [2.45, 2.75) is 140 Å². The van der Waals surface area contributed by atoms with E-state index in [0.29, 0.717) is 10.3 Å². The first-order valence-corrected chi connectivity index (χ1v) is 25.7. The van der Waals surface area contributed by atoms with Gasteiger partial charge in [-0.15, -0.1) is 0 Å². The zero-order chi connectivity index (χ0) is 28.5. The van der Waals surface area contributed by atoms with E-state index in [4.69, 9.17) is 0 Å². The van der Waals surface area contributed by atoms with Crippen LogP contribution in [0.1, 0.15) is 78.4 Å². The molecule has 0 bridgehead atoms. The fourth-order valence-electron chi connectivity index (χ4n) is 6.86. The smallest absolute Gasteiger partial charge is 0.0774 e. The Labute approximate surface area is 242 Å². The normalized spacial score (nSPS) is 23.1. The molecule has 2 heterocycles. The summed E-state index contributed by atoms with van der Waals surface area (Å²) in [6, 6.07) is 5.61. The molecular weight excluding hydrogens is 530 g/mol. The van der Waals surface area contributed by atoms with Crippen molar-refractivity contribution >= 4 is 42.4 Å². The molecular formula is C32H62N2P2Si2. The van der Waals surface area contributed by atoms with E-state index in [1.807, 2.05) is 0 Å². The van der Waals surface area contributed by atoms with Crippen molar-refractivity contribution in [3.8, 4) is 0 Å². The Morgan fingerprint density at radius 2 is 1.08 bits per heavy atom. The van der Waals surface area contributed by atoms with Crippen molar-refractivity contribution in [3.63, 3.8) is 0 Å². The highest BCUT2D eigenvalue weighted by Crippen LogP contribution is 2.62. The highest BCUT2D eigenvalue weighted by atomic mass is 31.1. The van der Waals surface area contributed by atoms with Crippen molar-refractivity contribution in [3.05, 3.63) is 23.3 Å². The average molecular weight is 593 g/mol. The standard InChI is InChI=1S/C32H62N2P2Si2/c1-31(2,3)36(32(4,5)6)24-26-20-30(38(10,11)12)29(37(7,8)9)19-25(26)23-35(27-15-13-17-33-21-27)28-16-14-18-34-22-28/h19-20,27-28,33-34H,13-18,21-24H2,1-12H3. The van der Waals surface area contributed by atoms with Gasteiger partial charge in [0.15, 0.2) is 0 Å². The lowest BCUT2D eigenvalue weighted by Gasteiger charge is -2.43. The number of rotatable bonds is 8. The van der Waals surface area contributed by atoms with Crippen molar-refractivity contribution in [1.82, 2.24) is 10.6 Å². The number of benzene rings is 1. The second kappa shape index (κ2) is 12.7. The van der Waals surface area contributed by atoms with Gasteiger partial charge in [0.2, 0.25) is 0 Å². The van der Waals surface area contributed by atoms with E-state index < -0.39 is 16.1 Å². The molecule has 0 radical (unpaired) electrons. The van der Waals surface area contributed by atoms with Crippen LogP contribution in [-0.2, 0) is 12.3 Å². The van der Waals surface area contributed by atoms with E-state index in [2.05, 4.69) is 104 Å². The van der Waals surface area contributed by atoms with Gasteiger partial charge in [0.1, 0.15) is 0 Å². The molecule has 1 aromatic rings. The fraction of sp³-hybridized carbons (Fsp3) is 0.812. The molecule has 6 heteroatoms. The summed E-state index contributed by atoms with van der Waals surface area (Å²) < 4.78 is 0. The third kappa shape index (κ3) is 8.72. The molecule has 2 saturated heterocycles. The molecule has 2 atom stereocenters. The van der Waals surface area contributed by atoms with Crippen LogP contribution >= 0.6 is 15.8 Å². The van der Waals surface area contributed by atoms with E-state index in [0.717, 1.165) is 11.3 Å². The van der Waals surface area contributed by atoms with Gasteiger partial charge >= 0.3 is 0 Å². The van der Waals surface area contributed by atoms with Crippen LogP contribution in [0.15, 0.2) is 12.1 Å². The van der Waals surface area contributed by atoms with Crippen LogP contribution in [0.3, 0.4) is 0 Å². The quantitative estimate of drug-likeness (QED) is 0.237. The summed E-state index contributed by atoms with van der Waals surface area (Å²) in [5.41, 5.74) is 5.26. The molecule has 3 rings (SSSR count). The lowest BCUT2D eigenvalue weighted by Crippen LogP contribution is -2.56. The van der Waals surface area contributed by atoms with Crippen molar-refractivity contribution in [2.75, 3.05) is 26.2 Å². The van der Waals surface area contributed by atoms with Gasteiger partial charge in [-0.1, -0.05) is 119 Å². The summed E-state index contributed by atoms with van der Waals surface area (Å²) in [7, 11) is -3.14. The van der Waals surface area contributed by atoms with Gasteiger partial charge in [-0.05, 0) is 83.9 Å². The molecule has 38 heavy (non-hydrogen) atoms. The average Bonchev–Trinajstić information content (AvgIpc) is 2.79. The predicted octanol–water partition coefficient (Wildman–Crippen LogP) is 7.84. The number of hydrogen-bond acceptors (Lipinski definition) is 2. The third-order valence-electron chi connectivity index (χ3n) is 8.74. The van der Waals surface area contributed by atoms with Crippen LogP contribution in [-0.4, -0.2) is 64.0 Å². The summed E-state index contributed by atoms with van der Waals surface area (Å²) in [5, 5.41) is 11.9. The van der Waals surface area contributed by atoms with Gasteiger partial charge < -0.3 is 10.6 Å². The van der Waals surface area contributed by atoms with E-state index in [1.165, 1.54) is 64.2 Å². The third-order valence-corrected chi connectivity index (χ3v) is 20.4. The molecule has 1 aromatic carbocycles. The summed E-state index contributed by atoms with van der Waals surface area (Å²) >= 11 is 0. The lowest BCUT2D eigenvalue weighted by molar-refractivity contribution is 0.500. The van der Waals surface area contributed by atoms with Crippen LogP contribution in [0.25, 0.3) is 0 Å². The van der Waals surface area contributed by atoms with Gasteiger partial charge in [0.25, 0.3) is 0 Å². The summed E-state index contributed by atoms with van der Waals surface area (Å²) in [6.45, 7) is 35.5. The number of nitrogens with one attached hydrogen (secondary N) is 2. The monoisotopic (exact) mass is 592 g/mol. The fourth-order valence-corrected chi connectivity index (χ4v) is 19.2. The maximum atomic E-state index is 3.80. The molecule has 218 valence electrons. The van der Waals surface area contributed by atoms with Gasteiger partial charge in [0.05, 0.1) is 16.1 Å². The second-order valence-electron chi connectivity index (χ2n) is 16.3. The van der Waals surface area contributed by atoms with Crippen LogP contribution in [0.5, 0.6) is 0 Å². The Morgan fingerprint density at radius 1 is 0.684 bits per heavy atom. The number of hydrogen-bond donors (Lipinski definition) is 2. The first-order valence-electron chi connectivity index (χ1n) is 15.5. The second-order valence-corrected chi connectivity index (χ2v) is 33.0. The maximum absolute atomic E-state index is 3.80. The maximum Gasteiger partial charge on any atom is 0.0774 e. The highest BCUT2D eigenvalue weighted by molar-refractivity contribution is 7.60. The van der Waals surface area contributed by atoms with E-state index in [1.54, 1.807) is 21.5 Å². The number of piperidine rings is 2. The molecule has 2 aliphatic rings. The minimum Gasteiger partial charge on any atom is -0.316 e. The molecule has 0 amide bonds. The Balaban J connectivity index is 2.16. The van der Waals surface area contributed by atoms with Crippen LogP contribution < -0.4 is 21.0 Å². The zero-order valence-electron chi connectivity index (χ0n) is 27.3. The molecule has 0 spiro atoms. The van der Waals surface area contributed by atoms with Crippen molar-refractivity contribution < 1.29 is 0 Å². The molecule has 2 unspecified atom stereocenters. The summed E-state index contributed by atoms with van der Waals surface area (Å²) in [5.74, 6) is 0. The van der Waals surface area contributed by atoms with Crippen LogP contribution in [0.4, 0.5) is 0 Å². The van der Waals surface area contributed by atoms with Crippen molar-refractivity contribution in [1.29, 1.82) is 0 Å². The first-order chi connectivity index (χ1) is 17.4. The van der Waals surface area contributed by atoms with Gasteiger partial charge in [-0.25, -0.2) is 0 Å². The van der Waals surface area contributed by atoms with Crippen molar-refractivity contribution in [2.24, 2.45) is 0 Å². The minimum atomic E-state index is -1.46. The van der Waals surface area contributed by atoms with Gasteiger partial charge in [-0.2, -0.15) is 0 Å². The molecule has 2 nitrogen and oxygen atoms in total. The topological polar surface area (TPSA) is 24.1 Å². The van der Waals surface area contributed by atoms with E-state index in [9.17, 15) is 0 Å². The minimum absolute atomic E-state index is 0.0477. The predicted molar refractivity (Wildman–Crippen MR) is 185 cm³/mol. The Bertz CT molecular complexity index is 878. The molecule has 0 aliphatic carbocycles. The van der Waals surface area contributed by atoms with Crippen LogP contribution in [0, 0.1) is 0 Å². The Kier molecular flexibility index (Phi) is 11.1. The van der Waals surface area contributed by atoms with Gasteiger partial charge in [0, 0.05) is 13.1 Å². The van der Waals surface area contributed by atoms with E-state index in [-0.39, 0.29) is 15.8 Å². The largest absolute Gasteiger partial charge is 0.316 e. The zero-order valence-corrected chi connectivity index (χ0v) is 31.1. The molecule has 0 saturated carbocycles. The van der Waals surface area contributed by atoms with E-state index >= 15 is 0 Å². The SMILES string of the molecule is CC(C)(C)P(Cc1cc([Si](C)(C)C)c([Si](C)(C)C)cc1CP(C1CCCNC1)C1CCCNC1)C(C)(C)C. The van der Waals surface area contributed by atoms with Gasteiger partial charge in [-0.3, -0.25) is 0 Å². The Hall–Kier alpha value is 0.434. The summed E-state index contributed by atoms with van der Waals surface area (Å²) in [4.78, 5) is 0. The first kappa shape index (κ1) is 32.9. The van der Waals surface area contributed by atoms with Crippen LogP contribution in [0.2, 0.25) is 39.3 Å².